The molecule has 0 aliphatic carbocycles. The van der Waals surface area contributed by atoms with Crippen molar-refractivity contribution < 1.29 is 23.1 Å². The van der Waals surface area contributed by atoms with Crippen LogP contribution in [0.2, 0.25) is 0 Å². The molecule has 4 N–H and O–H groups in total. The zero-order chi connectivity index (χ0) is 21.7. The minimum absolute atomic E-state index is 0.0398. The maximum Gasteiger partial charge on any atom is 0.416 e. The number of urea groups is 1. The molecule has 5 nitrogen and oxygen atoms in total. The third-order valence-corrected chi connectivity index (χ3v) is 5.04. The second-order valence-corrected chi connectivity index (χ2v) is 7.24. The number of carbonyl (C=O) groups excluding carboxylic acids is 1. The van der Waals surface area contributed by atoms with Crippen LogP contribution >= 0.6 is 11.9 Å². The molecule has 0 aliphatic heterocycles. The van der Waals surface area contributed by atoms with E-state index in [1.54, 1.807) is 36.4 Å². The number of carbonyl (C=O) groups is 1. The fourth-order valence-electron chi connectivity index (χ4n) is 2.50. The molecular formula is C21H18F3N3O2S. The van der Waals surface area contributed by atoms with Gasteiger partial charge in [0.2, 0.25) is 0 Å². The fraction of sp³-hybridized carbons (Fsp3) is 0.0952. The van der Waals surface area contributed by atoms with Gasteiger partial charge in [0.05, 0.1) is 5.56 Å². The van der Waals surface area contributed by atoms with Crippen molar-refractivity contribution in [2.24, 2.45) is 0 Å². The van der Waals surface area contributed by atoms with Crippen LogP contribution < -0.4 is 15.4 Å². The third kappa shape index (κ3) is 5.84. The van der Waals surface area contributed by atoms with Crippen molar-refractivity contribution in [3.05, 3.63) is 77.9 Å². The smallest absolute Gasteiger partial charge is 0.416 e. The monoisotopic (exact) mass is 433 g/mol. The molecule has 3 rings (SSSR count). The van der Waals surface area contributed by atoms with Crippen LogP contribution in [0.15, 0.2) is 71.6 Å². The highest BCUT2D eigenvalue weighted by atomic mass is 32.2. The maximum atomic E-state index is 12.8. The van der Waals surface area contributed by atoms with Crippen LogP contribution in [-0.4, -0.2) is 11.1 Å². The Balaban J connectivity index is 1.64. The van der Waals surface area contributed by atoms with Gasteiger partial charge in [0.1, 0.15) is 5.75 Å². The first kappa shape index (κ1) is 21.4. The summed E-state index contributed by atoms with van der Waals surface area (Å²) in [5.74, 6) is 0.166. The summed E-state index contributed by atoms with van der Waals surface area (Å²) >= 11 is 1.33. The molecule has 156 valence electrons. The maximum absolute atomic E-state index is 12.8. The van der Waals surface area contributed by atoms with E-state index in [9.17, 15) is 23.1 Å². The number of rotatable bonds is 5. The number of halogens is 3. The second-order valence-electron chi connectivity index (χ2n) is 6.39. The van der Waals surface area contributed by atoms with Crippen LogP contribution in [0.1, 0.15) is 11.1 Å². The number of phenolic OH excluding ortho intramolecular Hbond substituents is 1. The molecule has 0 saturated heterocycles. The van der Waals surface area contributed by atoms with E-state index in [1.807, 2.05) is 13.0 Å². The quantitative estimate of drug-likeness (QED) is 0.274. The van der Waals surface area contributed by atoms with Crippen LogP contribution in [0.5, 0.6) is 5.75 Å². The second kappa shape index (κ2) is 9.00. The highest BCUT2D eigenvalue weighted by Crippen LogP contribution is 2.31. The molecule has 0 unspecified atom stereocenters. The number of hydrogen-bond donors (Lipinski definition) is 4. The molecule has 3 aromatic rings. The molecule has 0 aromatic heterocycles. The molecule has 0 spiro atoms. The number of benzene rings is 3. The van der Waals surface area contributed by atoms with Gasteiger partial charge in [-0.2, -0.15) is 13.2 Å². The minimum Gasteiger partial charge on any atom is -0.508 e. The average molecular weight is 433 g/mol. The Labute approximate surface area is 175 Å². The summed E-state index contributed by atoms with van der Waals surface area (Å²) in [6, 6.07) is 15.6. The van der Waals surface area contributed by atoms with Crippen molar-refractivity contribution in [2.45, 2.75) is 18.0 Å². The van der Waals surface area contributed by atoms with E-state index < -0.39 is 17.8 Å². The number of aryl methyl sites for hydroxylation is 1. The number of aromatic hydroxyl groups is 1. The Morgan fingerprint density at radius 1 is 0.900 bits per heavy atom. The molecule has 2 amide bonds. The molecule has 9 heteroatoms. The zero-order valence-electron chi connectivity index (χ0n) is 15.7. The van der Waals surface area contributed by atoms with Gasteiger partial charge < -0.3 is 20.5 Å². The lowest BCUT2D eigenvalue weighted by molar-refractivity contribution is -0.137. The summed E-state index contributed by atoms with van der Waals surface area (Å²) in [5, 5.41) is 14.4. The zero-order valence-corrected chi connectivity index (χ0v) is 16.6. The van der Waals surface area contributed by atoms with Gasteiger partial charge in [-0.15, -0.1) is 0 Å². The number of phenols is 1. The Bertz CT molecular complexity index is 1040. The first-order chi connectivity index (χ1) is 14.2. The summed E-state index contributed by atoms with van der Waals surface area (Å²) in [4.78, 5) is 13.0. The highest BCUT2D eigenvalue weighted by molar-refractivity contribution is 8.00. The fourth-order valence-corrected chi connectivity index (χ4v) is 3.28. The molecule has 30 heavy (non-hydrogen) atoms. The van der Waals surface area contributed by atoms with E-state index >= 15 is 0 Å². The van der Waals surface area contributed by atoms with Crippen LogP contribution in [0.4, 0.5) is 35.0 Å². The van der Waals surface area contributed by atoms with Gasteiger partial charge in [0.15, 0.2) is 0 Å². The lowest BCUT2D eigenvalue weighted by Crippen LogP contribution is -2.19. The van der Waals surface area contributed by atoms with E-state index in [-0.39, 0.29) is 11.4 Å². The van der Waals surface area contributed by atoms with Crippen molar-refractivity contribution in [1.29, 1.82) is 0 Å². The molecule has 0 aliphatic rings. The topological polar surface area (TPSA) is 73.4 Å². The Morgan fingerprint density at radius 3 is 2.20 bits per heavy atom. The largest absolute Gasteiger partial charge is 0.508 e. The summed E-state index contributed by atoms with van der Waals surface area (Å²) in [5.41, 5.74) is 1.45. The van der Waals surface area contributed by atoms with Gasteiger partial charge in [0, 0.05) is 22.0 Å². The summed E-state index contributed by atoms with van der Waals surface area (Å²) in [6.45, 7) is 1.91. The SMILES string of the molecule is Cc1ccc(NC(=O)Nc2cccc(C(F)(F)F)c2)cc1SNc1ccc(O)cc1. The Kier molecular flexibility index (Phi) is 6.41. The van der Waals surface area contributed by atoms with Gasteiger partial charge in [-0.1, -0.05) is 12.1 Å². The molecule has 0 fully saturated rings. The number of alkyl halides is 3. The van der Waals surface area contributed by atoms with Crippen molar-refractivity contribution in [3.63, 3.8) is 0 Å². The number of anilines is 3. The molecule has 0 radical (unpaired) electrons. The average Bonchev–Trinajstić information content (AvgIpc) is 2.69. The highest BCUT2D eigenvalue weighted by Gasteiger charge is 2.30. The number of hydrogen-bond acceptors (Lipinski definition) is 4. The molecule has 3 aromatic carbocycles. The molecule has 0 bridgehead atoms. The van der Waals surface area contributed by atoms with E-state index in [2.05, 4.69) is 15.4 Å². The summed E-state index contributed by atoms with van der Waals surface area (Å²) in [6.07, 6.45) is -4.48. The van der Waals surface area contributed by atoms with E-state index in [0.29, 0.717) is 5.69 Å². The predicted molar refractivity (Wildman–Crippen MR) is 113 cm³/mol. The van der Waals surface area contributed by atoms with Crippen LogP contribution in [0.25, 0.3) is 0 Å². The molecular weight excluding hydrogens is 415 g/mol. The lowest BCUT2D eigenvalue weighted by atomic mass is 10.2. The standard InChI is InChI=1S/C21H18F3N3O2S/c1-13-5-6-17(12-19(13)30-27-15-7-9-18(28)10-8-15)26-20(29)25-16-4-2-3-14(11-16)21(22,23)24/h2-12,27-28H,1H3,(H2,25,26,29). The number of nitrogens with one attached hydrogen (secondary N) is 3. The van der Waals surface area contributed by atoms with E-state index in [1.165, 1.54) is 24.1 Å². The molecule has 0 saturated carbocycles. The van der Waals surface area contributed by atoms with Gasteiger partial charge in [-0.05, 0) is 79.0 Å². The first-order valence-corrected chi connectivity index (χ1v) is 9.60. The van der Waals surface area contributed by atoms with Crippen molar-refractivity contribution >= 4 is 35.0 Å². The Hall–Kier alpha value is -3.33. The van der Waals surface area contributed by atoms with Gasteiger partial charge in [-0.3, -0.25) is 0 Å². The van der Waals surface area contributed by atoms with Crippen LogP contribution in [0, 0.1) is 6.92 Å². The van der Waals surface area contributed by atoms with Crippen molar-refractivity contribution in [2.75, 3.05) is 15.4 Å². The number of amides is 2. The normalized spacial score (nSPS) is 11.1. The summed E-state index contributed by atoms with van der Waals surface area (Å²) in [7, 11) is 0. The van der Waals surface area contributed by atoms with E-state index in [0.717, 1.165) is 28.3 Å². The van der Waals surface area contributed by atoms with Crippen molar-refractivity contribution in [1.82, 2.24) is 0 Å². The van der Waals surface area contributed by atoms with Gasteiger partial charge in [-0.25, -0.2) is 4.79 Å². The Morgan fingerprint density at radius 2 is 1.53 bits per heavy atom. The third-order valence-electron chi connectivity index (χ3n) is 4.04. The first-order valence-electron chi connectivity index (χ1n) is 8.78. The minimum atomic E-state index is -4.48. The predicted octanol–water partition coefficient (Wildman–Crippen LogP) is 6.48. The van der Waals surface area contributed by atoms with Gasteiger partial charge in [0.25, 0.3) is 0 Å². The van der Waals surface area contributed by atoms with Crippen LogP contribution in [0.3, 0.4) is 0 Å². The molecule has 0 heterocycles. The van der Waals surface area contributed by atoms with Crippen molar-refractivity contribution in [3.8, 4) is 5.75 Å². The van der Waals surface area contributed by atoms with Crippen LogP contribution in [-0.2, 0) is 6.18 Å². The summed E-state index contributed by atoms with van der Waals surface area (Å²) < 4.78 is 41.5. The van der Waals surface area contributed by atoms with E-state index in [4.69, 9.17) is 0 Å². The van der Waals surface area contributed by atoms with Gasteiger partial charge >= 0.3 is 12.2 Å². The molecule has 0 atom stereocenters. The lowest BCUT2D eigenvalue weighted by Gasteiger charge is -2.13.